The molecular formula is C23H23B. The van der Waals surface area contributed by atoms with E-state index in [1.807, 2.05) is 0 Å². The Morgan fingerprint density at radius 1 is 0.542 bits per heavy atom. The van der Waals surface area contributed by atoms with E-state index in [2.05, 4.69) is 83.1 Å². The fourth-order valence-electron chi connectivity index (χ4n) is 4.46. The van der Waals surface area contributed by atoms with Crippen molar-refractivity contribution in [3.05, 3.63) is 76.3 Å². The van der Waals surface area contributed by atoms with Gasteiger partial charge in [-0.05, 0) is 45.7 Å². The van der Waals surface area contributed by atoms with Crippen molar-refractivity contribution in [3.63, 3.8) is 0 Å². The van der Waals surface area contributed by atoms with Crippen LogP contribution in [0.5, 0.6) is 0 Å². The van der Waals surface area contributed by atoms with Gasteiger partial charge >= 0.3 is 0 Å². The molecule has 0 amide bonds. The zero-order valence-corrected chi connectivity index (χ0v) is 15.2. The summed E-state index contributed by atoms with van der Waals surface area (Å²) in [5.41, 5.74) is 14.0. The molecule has 0 aliphatic carbocycles. The van der Waals surface area contributed by atoms with Crippen molar-refractivity contribution in [2.24, 2.45) is 0 Å². The van der Waals surface area contributed by atoms with Crippen molar-refractivity contribution < 1.29 is 0 Å². The van der Waals surface area contributed by atoms with Gasteiger partial charge in [0.15, 0.2) is 0 Å². The van der Waals surface area contributed by atoms with Crippen LogP contribution in [0.2, 0.25) is 0 Å². The fourth-order valence-corrected chi connectivity index (χ4v) is 4.46. The second-order valence-electron chi connectivity index (χ2n) is 7.43. The molecule has 1 aliphatic rings. The Bertz CT molecular complexity index is 891. The summed E-state index contributed by atoms with van der Waals surface area (Å²) in [5, 5.41) is 0. The van der Waals surface area contributed by atoms with Crippen LogP contribution >= 0.6 is 0 Å². The van der Waals surface area contributed by atoms with Gasteiger partial charge in [-0.3, -0.25) is 0 Å². The van der Waals surface area contributed by atoms with E-state index in [0.717, 1.165) is 0 Å². The van der Waals surface area contributed by atoms with Crippen molar-refractivity contribution in [2.75, 3.05) is 0 Å². The van der Waals surface area contributed by atoms with Gasteiger partial charge in [0.05, 0.1) is 0 Å². The molecule has 0 unspecified atom stereocenters. The van der Waals surface area contributed by atoms with Gasteiger partial charge < -0.3 is 0 Å². The molecular weight excluding hydrogens is 287 g/mol. The predicted octanol–water partition coefficient (Wildman–Crippen LogP) is 3.73. The lowest BCUT2D eigenvalue weighted by Gasteiger charge is -2.18. The van der Waals surface area contributed by atoms with E-state index in [1.54, 1.807) is 0 Å². The topological polar surface area (TPSA) is 0 Å². The molecule has 0 fully saturated rings. The highest BCUT2D eigenvalue weighted by atomic mass is 14.2. The van der Waals surface area contributed by atoms with Crippen LogP contribution < -0.4 is 16.4 Å². The molecule has 4 rings (SSSR count). The van der Waals surface area contributed by atoms with E-state index in [4.69, 9.17) is 0 Å². The Morgan fingerprint density at radius 2 is 1.00 bits per heavy atom. The van der Waals surface area contributed by atoms with Gasteiger partial charge in [0, 0.05) is 0 Å². The molecule has 0 nitrogen and oxygen atoms in total. The van der Waals surface area contributed by atoms with Gasteiger partial charge in [-0.15, -0.1) is 0 Å². The van der Waals surface area contributed by atoms with Gasteiger partial charge in [0.2, 0.25) is 6.71 Å². The van der Waals surface area contributed by atoms with Crippen molar-refractivity contribution in [1.82, 2.24) is 0 Å². The van der Waals surface area contributed by atoms with Crippen LogP contribution in [0.15, 0.2) is 48.5 Å². The molecule has 0 spiro atoms. The third-order valence-electron chi connectivity index (χ3n) is 5.35. The molecule has 24 heavy (non-hydrogen) atoms. The largest absolute Gasteiger partial charge is 0.243 e. The third-order valence-corrected chi connectivity index (χ3v) is 5.35. The molecule has 3 aromatic carbocycles. The average molecular weight is 310 g/mol. The zero-order chi connectivity index (χ0) is 17.0. The summed E-state index contributed by atoms with van der Waals surface area (Å²) in [7, 11) is 0. The van der Waals surface area contributed by atoms with E-state index in [0.29, 0.717) is 6.71 Å². The van der Waals surface area contributed by atoms with Crippen LogP contribution in [0.1, 0.15) is 27.8 Å². The first-order valence-corrected chi connectivity index (χ1v) is 8.75. The van der Waals surface area contributed by atoms with Crippen molar-refractivity contribution >= 4 is 23.1 Å². The Labute approximate surface area is 145 Å². The van der Waals surface area contributed by atoms with Crippen LogP contribution in [-0.2, 0) is 0 Å². The summed E-state index contributed by atoms with van der Waals surface area (Å²) in [6.45, 7) is 11.5. The van der Waals surface area contributed by atoms with E-state index in [9.17, 15) is 0 Å². The van der Waals surface area contributed by atoms with Crippen LogP contribution in [0.25, 0.3) is 11.1 Å². The second-order valence-corrected chi connectivity index (χ2v) is 7.43. The maximum absolute atomic E-state index is 2.38. The van der Waals surface area contributed by atoms with Crippen LogP contribution in [0, 0.1) is 34.6 Å². The lowest BCUT2D eigenvalue weighted by molar-refractivity contribution is 1.35. The predicted molar refractivity (Wildman–Crippen MR) is 107 cm³/mol. The standard InChI is InChI=1S/C23H23B/c1-14-6-8-19-20-9-7-15(2)13-22(20)24(21(19)12-14)23-17(4)10-16(3)11-18(23)5/h6-13H,1-5H3. The maximum Gasteiger partial charge on any atom is 0.243 e. The second kappa shape index (κ2) is 5.38. The molecule has 0 radical (unpaired) electrons. The molecule has 0 atom stereocenters. The Morgan fingerprint density at radius 3 is 1.46 bits per heavy atom. The molecule has 0 bridgehead atoms. The van der Waals surface area contributed by atoms with Gasteiger partial charge in [-0.1, -0.05) is 92.7 Å². The van der Waals surface area contributed by atoms with Crippen molar-refractivity contribution in [3.8, 4) is 11.1 Å². The van der Waals surface area contributed by atoms with Gasteiger partial charge in [-0.25, -0.2) is 0 Å². The molecule has 3 aromatic rings. The number of hydrogen-bond acceptors (Lipinski definition) is 0. The van der Waals surface area contributed by atoms with Crippen LogP contribution in [-0.4, -0.2) is 6.71 Å². The minimum Gasteiger partial charge on any atom is -0.0634 e. The third kappa shape index (κ3) is 2.23. The maximum atomic E-state index is 2.38. The highest BCUT2D eigenvalue weighted by Gasteiger charge is 2.35. The Kier molecular flexibility index (Phi) is 3.42. The van der Waals surface area contributed by atoms with Crippen LogP contribution in [0.3, 0.4) is 0 Å². The monoisotopic (exact) mass is 310 g/mol. The minimum absolute atomic E-state index is 0.357. The lowest BCUT2D eigenvalue weighted by Crippen LogP contribution is -2.51. The van der Waals surface area contributed by atoms with Gasteiger partial charge in [0.1, 0.15) is 0 Å². The van der Waals surface area contributed by atoms with Gasteiger partial charge in [0.25, 0.3) is 0 Å². The van der Waals surface area contributed by atoms with E-state index < -0.39 is 0 Å². The summed E-state index contributed by atoms with van der Waals surface area (Å²) in [4.78, 5) is 0. The number of aryl methyl sites for hydroxylation is 5. The van der Waals surface area contributed by atoms with E-state index in [-0.39, 0.29) is 0 Å². The molecule has 0 aromatic heterocycles. The number of benzene rings is 3. The normalized spacial score (nSPS) is 12.3. The number of hydrogen-bond donors (Lipinski definition) is 0. The highest BCUT2D eigenvalue weighted by molar-refractivity contribution is 6.99. The first kappa shape index (κ1) is 15.3. The molecule has 0 N–H and O–H groups in total. The minimum atomic E-state index is 0.357. The summed E-state index contributed by atoms with van der Waals surface area (Å²) >= 11 is 0. The number of rotatable bonds is 1. The molecule has 1 heterocycles. The molecule has 118 valence electrons. The van der Waals surface area contributed by atoms with E-state index >= 15 is 0 Å². The van der Waals surface area contributed by atoms with Crippen LogP contribution in [0.4, 0.5) is 0 Å². The highest BCUT2D eigenvalue weighted by Crippen LogP contribution is 2.25. The molecule has 1 aliphatic heterocycles. The molecule has 1 heteroatoms. The summed E-state index contributed by atoms with van der Waals surface area (Å²) < 4.78 is 0. The summed E-state index contributed by atoms with van der Waals surface area (Å²) in [5.74, 6) is 0. The Hall–Kier alpha value is -2.28. The average Bonchev–Trinajstić information content (AvgIpc) is 2.79. The molecule has 0 saturated heterocycles. The summed E-state index contributed by atoms with van der Waals surface area (Å²) in [6, 6.07) is 18.5. The summed E-state index contributed by atoms with van der Waals surface area (Å²) in [6.07, 6.45) is 0. The first-order valence-electron chi connectivity index (χ1n) is 8.75. The van der Waals surface area contributed by atoms with Gasteiger partial charge in [-0.2, -0.15) is 0 Å². The smallest absolute Gasteiger partial charge is 0.0634 e. The SMILES string of the molecule is Cc1cc(C)c(B2c3cc(C)ccc3-c3ccc(C)cc32)c(C)c1. The quantitative estimate of drug-likeness (QED) is 0.470. The fraction of sp³-hybridized carbons (Fsp3) is 0.217. The first-order chi connectivity index (χ1) is 11.5. The lowest BCUT2D eigenvalue weighted by atomic mass is 9.37. The molecule has 0 saturated carbocycles. The Balaban J connectivity index is 2.06. The number of fused-ring (bicyclic) bond motifs is 3. The zero-order valence-electron chi connectivity index (χ0n) is 15.2. The van der Waals surface area contributed by atoms with Crippen molar-refractivity contribution in [2.45, 2.75) is 34.6 Å². The van der Waals surface area contributed by atoms with E-state index in [1.165, 1.54) is 55.3 Å². The van der Waals surface area contributed by atoms with Crippen molar-refractivity contribution in [1.29, 1.82) is 0 Å².